The summed E-state index contributed by atoms with van der Waals surface area (Å²) in [5.41, 5.74) is 1.58. The van der Waals surface area contributed by atoms with Crippen molar-refractivity contribution in [1.29, 1.82) is 0 Å². The van der Waals surface area contributed by atoms with Crippen molar-refractivity contribution in [3.63, 3.8) is 0 Å². The van der Waals surface area contributed by atoms with Gasteiger partial charge in [-0.3, -0.25) is 9.59 Å². The average molecular weight is 425 g/mol. The molecule has 1 heterocycles. The van der Waals surface area contributed by atoms with Crippen LogP contribution >= 0.6 is 0 Å². The molecule has 1 atom stereocenters. The van der Waals surface area contributed by atoms with E-state index in [2.05, 4.69) is 24.1 Å². The molecule has 0 spiro atoms. The molecule has 2 rings (SSSR count). The van der Waals surface area contributed by atoms with Gasteiger partial charge in [0.25, 0.3) is 0 Å². The maximum Gasteiger partial charge on any atom is 0.313 e. The van der Waals surface area contributed by atoms with Gasteiger partial charge in [-0.15, -0.1) is 0 Å². The van der Waals surface area contributed by atoms with Crippen LogP contribution in [0.1, 0.15) is 20.3 Å². The minimum Gasteiger partial charge on any atom is -0.372 e. The van der Waals surface area contributed by atoms with Crippen LogP contribution in [0.3, 0.4) is 0 Å². The van der Waals surface area contributed by atoms with E-state index in [4.69, 9.17) is 0 Å². The molecule has 162 valence electrons. The second-order valence-electron chi connectivity index (χ2n) is 7.53. The first-order valence-electron chi connectivity index (χ1n) is 9.99. The fourth-order valence-corrected chi connectivity index (χ4v) is 5.17. The Morgan fingerprint density at radius 2 is 1.69 bits per heavy atom. The van der Waals surface area contributed by atoms with Crippen LogP contribution in [-0.4, -0.2) is 87.9 Å². The average Bonchev–Trinajstić information content (AvgIpc) is 3.03. The van der Waals surface area contributed by atoms with E-state index < -0.39 is 27.7 Å². The maximum atomic E-state index is 12.8. The summed E-state index contributed by atoms with van der Waals surface area (Å²) in [5, 5.41) is 2.64. The van der Waals surface area contributed by atoms with Crippen LogP contribution in [0.4, 0.5) is 11.4 Å². The topological polar surface area (TPSA) is 90.0 Å². The predicted octanol–water partition coefficient (Wildman–Crippen LogP) is 1.05. The molecule has 2 amide bonds. The summed E-state index contributed by atoms with van der Waals surface area (Å²) >= 11 is 0. The highest BCUT2D eigenvalue weighted by molar-refractivity contribution is 7.91. The van der Waals surface area contributed by atoms with Gasteiger partial charge in [-0.05, 0) is 58.6 Å². The molecule has 0 bridgehead atoms. The van der Waals surface area contributed by atoms with Crippen molar-refractivity contribution >= 4 is 33.0 Å². The monoisotopic (exact) mass is 424 g/mol. The first-order chi connectivity index (χ1) is 13.7. The van der Waals surface area contributed by atoms with Gasteiger partial charge in [-0.25, -0.2) is 8.42 Å². The summed E-state index contributed by atoms with van der Waals surface area (Å²) < 4.78 is 23.7. The Morgan fingerprint density at radius 3 is 2.17 bits per heavy atom. The molecule has 0 aliphatic carbocycles. The summed E-state index contributed by atoms with van der Waals surface area (Å²) in [4.78, 5) is 30.9. The van der Waals surface area contributed by atoms with Gasteiger partial charge in [-0.1, -0.05) is 0 Å². The maximum absolute atomic E-state index is 12.8. The van der Waals surface area contributed by atoms with Gasteiger partial charge in [0.05, 0.1) is 11.5 Å². The highest BCUT2D eigenvalue weighted by atomic mass is 32.2. The minimum absolute atomic E-state index is 0.0534. The lowest BCUT2D eigenvalue weighted by atomic mass is 10.2. The molecule has 0 aromatic heterocycles. The van der Waals surface area contributed by atoms with Crippen LogP contribution in [-0.2, 0) is 19.4 Å². The zero-order valence-corrected chi connectivity index (χ0v) is 18.5. The highest BCUT2D eigenvalue weighted by Crippen LogP contribution is 2.20. The van der Waals surface area contributed by atoms with Crippen molar-refractivity contribution in [2.75, 3.05) is 62.0 Å². The zero-order valence-electron chi connectivity index (χ0n) is 17.7. The highest BCUT2D eigenvalue weighted by Gasteiger charge is 2.36. The number of likely N-dealkylation sites (N-methyl/N-ethyl adjacent to an activating group) is 1. The number of hydrogen-bond acceptors (Lipinski definition) is 6. The van der Waals surface area contributed by atoms with Gasteiger partial charge in [0.2, 0.25) is 0 Å². The van der Waals surface area contributed by atoms with Crippen molar-refractivity contribution < 1.29 is 18.0 Å². The van der Waals surface area contributed by atoms with E-state index in [-0.39, 0.29) is 11.5 Å². The summed E-state index contributed by atoms with van der Waals surface area (Å²) in [6, 6.07) is 6.88. The summed E-state index contributed by atoms with van der Waals surface area (Å²) in [5.74, 6) is -1.47. The van der Waals surface area contributed by atoms with E-state index in [9.17, 15) is 18.0 Å². The van der Waals surface area contributed by atoms with E-state index in [0.29, 0.717) is 25.2 Å². The Hall–Kier alpha value is -2.13. The molecule has 9 heteroatoms. The van der Waals surface area contributed by atoms with E-state index in [1.54, 1.807) is 12.1 Å². The van der Waals surface area contributed by atoms with Crippen LogP contribution in [0.25, 0.3) is 0 Å². The summed E-state index contributed by atoms with van der Waals surface area (Å²) in [6.07, 6.45) is 0.368. The number of benzene rings is 1. The van der Waals surface area contributed by atoms with Crippen LogP contribution in [0.5, 0.6) is 0 Å². The number of amides is 2. The van der Waals surface area contributed by atoms with Gasteiger partial charge in [0.1, 0.15) is 0 Å². The molecular formula is C20H32N4O4S. The van der Waals surface area contributed by atoms with E-state index >= 15 is 0 Å². The number of nitrogens with zero attached hydrogens (tertiary/aromatic N) is 3. The number of carbonyl (C=O) groups excluding carboxylic acids is 2. The van der Waals surface area contributed by atoms with Crippen molar-refractivity contribution in [3.05, 3.63) is 24.3 Å². The lowest BCUT2D eigenvalue weighted by molar-refractivity contribution is -0.144. The van der Waals surface area contributed by atoms with Gasteiger partial charge in [-0.2, -0.15) is 0 Å². The first kappa shape index (κ1) is 23.2. The van der Waals surface area contributed by atoms with Crippen LogP contribution < -0.4 is 10.2 Å². The standard InChI is InChI=1S/C20H32N4O4S/c1-5-23(6-2)17-9-7-16(8-10-17)21-19(25)20(26)24(13-12-22(3)4)18-11-14-29(27,28)15-18/h7-10,18H,5-6,11-15H2,1-4H3,(H,21,25). The largest absolute Gasteiger partial charge is 0.372 e. The molecule has 1 fully saturated rings. The fraction of sp³-hybridized carbons (Fsp3) is 0.600. The number of anilines is 2. The summed E-state index contributed by atoms with van der Waals surface area (Å²) in [7, 11) is 0.574. The number of hydrogen-bond donors (Lipinski definition) is 1. The van der Waals surface area contributed by atoms with Gasteiger partial charge < -0.3 is 20.0 Å². The second-order valence-corrected chi connectivity index (χ2v) is 9.76. The molecule has 1 aromatic rings. The Labute approximate surface area is 173 Å². The molecule has 1 aromatic carbocycles. The molecular weight excluding hydrogens is 392 g/mol. The molecule has 0 saturated carbocycles. The SMILES string of the molecule is CCN(CC)c1ccc(NC(=O)C(=O)N(CCN(C)C)C2CCS(=O)(=O)C2)cc1. The fourth-order valence-electron chi connectivity index (χ4n) is 3.44. The minimum atomic E-state index is -3.16. The quantitative estimate of drug-likeness (QED) is 0.628. The molecule has 1 saturated heterocycles. The first-order valence-corrected chi connectivity index (χ1v) is 11.8. The van der Waals surface area contributed by atoms with Crippen molar-refractivity contribution in [2.45, 2.75) is 26.3 Å². The Morgan fingerprint density at radius 1 is 1.07 bits per heavy atom. The lowest BCUT2D eigenvalue weighted by Crippen LogP contribution is -2.48. The summed E-state index contributed by atoms with van der Waals surface area (Å²) in [6.45, 7) is 6.76. The van der Waals surface area contributed by atoms with Crippen molar-refractivity contribution in [2.24, 2.45) is 0 Å². The van der Waals surface area contributed by atoms with Crippen LogP contribution in [0, 0.1) is 0 Å². The van der Waals surface area contributed by atoms with Crippen molar-refractivity contribution in [1.82, 2.24) is 9.80 Å². The third-order valence-electron chi connectivity index (χ3n) is 5.15. The Bertz CT molecular complexity index is 804. The molecule has 1 aliphatic rings. The molecule has 1 N–H and O–H groups in total. The second kappa shape index (κ2) is 10.1. The predicted molar refractivity (Wildman–Crippen MR) is 116 cm³/mol. The molecule has 1 aliphatic heterocycles. The molecule has 8 nitrogen and oxygen atoms in total. The Balaban J connectivity index is 2.08. The Kier molecular flexibility index (Phi) is 8.04. The number of carbonyl (C=O) groups is 2. The third kappa shape index (κ3) is 6.43. The van der Waals surface area contributed by atoms with E-state index in [0.717, 1.165) is 18.8 Å². The van der Waals surface area contributed by atoms with Gasteiger partial charge in [0, 0.05) is 43.6 Å². The number of nitrogens with one attached hydrogen (secondary N) is 1. The van der Waals surface area contributed by atoms with Crippen LogP contribution in [0.2, 0.25) is 0 Å². The van der Waals surface area contributed by atoms with E-state index in [1.807, 2.05) is 31.1 Å². The number of rotatable bonds is 8. The normalized spacial score (nSPS) is 17.9. The molecule has 1 unspecified atom stereocenters. The lowest BCUT2D eigenvalue weighted by Gasteiger charge is -2.29. The third-order valence-corrected chi connectivity index (χ3v) is 6.90. The zero-order chi connectivity index (χ0) is 21.6. The number of sulfone groups is 1. The smallest absolute Gasteiger partial charge is 0.313 e. The van der Waals surface area contributed by atoms with Crippen molar-refractivity contribution in [3.8, 4) is 0 Å². The molecule has 29 heavy (non-hydrogen) atoms. The van der Waals surface area contributed by atoms with E-state index in [1.165, 1.54) is 4.90 Å². The van der Waals surface area contributed by atoms with Gasteiger partial charge >= 0.3 is 11.8 Å². The van der Waals surface area contributed by atoms with Crippen LogP contribution in [0.15, 0.2) is 24.3 Å². The molecule has 0 radical (unpaired) electrons. The van der Waals surface area contributed by atoms with Gasteiger partial charge in [0.15, 0.2) is 9.84 Å².